The van der Waals surface area contributed by atoms with Gasteiger partial charge in [-0.2, -0.15) is 0 Å². The van der Waals surface area contributed by atoms with Crippen molar-refractivity contribution in [3.63, 3.8) is 0 Å². The van der Waals surface area contributed by atoms with Gasteiger partial charge in [0.2, 0.25) is 0 Å². The van der Waals surface area contributed by atoms with Crippen molar-refractivity contribution in [2.45, 2.75) is 0 Å². The van der Waals surface area contributed by atoms with E-state index in [4.69, 9.17) is 3.06 Å². The Bertz CT molecular complexity index is 208. The molecule has 2 nitrogen and oxygen atoms in total. The van der Waals surface area contributed by atoms with E-state index in [2.05, 4.69) is 0 Å². The minimum atomic E-state index is -3.41. The monoisotopic (exact) mass is 318 g/mol. The van der Waals surface area contributed by atoms with Gasteiger partial charge in [0.25, 0.3) is 0 Å². The molecule has 0 saturated carbocycles. The molecule has 46 valence electrons. The van der Waals surface area contributed by atoms with Gasteiger partial charge in [0, 0.05) is 0 Å². The Labute approximate surface area is 62.4 Å². The van der Waals surface area contributed by atoms with Gasteiger partial charge in [-0.15, -0.1) is 0 Å². The van der Waals surface area contributed by atoms with Gasteiger partial charge < -0.3 is 0 Å². The molecule has 0 spiro atoms. The van der Waals surface area contributed by atoms with E-state index in [9.17, 15) is 2.69 Å². The van der Waals surface area contributed by atoms with Gasteiger partial charge in [0.1, 0.15) is 0 Å². The van der Waals surface area contributed by atoms with Gasteiger partial charge in [0.05, 0.1) is 0 Å². The summed E-state index contributed by atoms with van der Waals surface area (Å²) in [4.78, 5) is 0. The SMILES string of the molecule is [O]=[Pb]([OH])[c]1ccccc1. The molecule has 0 unspecified atom stereocenters. The molecule has 0 fully saturated rings. The molecular formula is C6H6O2Pb. The summed E-state index contributed by atoms with van der Waals surface area (Å²) in [6, 6.07) is 8.75. The molecule has 0 atom stereocenters. The zero-order chi connectivity index (χ0) is 6.69. The number of rotatable bonds is 1. The summed E-state index contributed by atoms with van der Waals surface area (Å²) in [6.07, 6.45) is 0. The van der Waals surface area contributed by atoms with E-state index in [1.165, 1.54) is 0 Å². The summed E-state index contributed by atoms with van der Waals surface area (Å²) in [7, 11) is 0. The maximum atomic E-state index is 10.5. The van der Waals surface area contributed by atoms with Crippen molar-refractivity contribution >= 4 is 26.3 Å². The number of benzene rings is 1. The van der Waals surface area contributed by atoms with E-state index >= 15 is 0 Å². The van der Waals surface area contributed by atoms with Crippen molar-refractivity contribution in [1.29, 1.82) is 0 Å². The molecule has 0 amide bonds. The fraction of sp³-hybridized carbons (Fsp3) is 0. The Hall–Kier alpha value is -0.0979. The van der Waals surface area contributed by atoms with E-state index in [1.807, 2.05) is 6.07 Å². The number of hydrogen-bond acceptors (Lipinski definition) is 1. The number of hydrogen-bond donors (Lipinski definition) is 1. The molecule has 0 saturated heterocycles. The van der Waals surface area contributed by atoms with Crippen LogP contribution in [-0.4, -0.2) is 26.2 Å². The first-order valence-electron chi connectivity index (χ1n) is 2.59. The average Bonchev–Trinajstić information content (AvgIpc) is 1.90. The molecule has 0 aliphatic heterocycles. The van der Waals surface area contributed by atoms with Crippen molar-refractivity contribution < 1.29 is 5.74 Å². The third kappa shape index (κ3) is 1.94. The fourth-order valence-electron chi connectivity index (χ4n) is 0.581. The second kappa shape index (κ2) is 3.17. The molecule has 0 aliphatic rings. The predicted molar refractivity (Wildman–Crippen MR) is 34.7 cm³/mol. The first kappa shape index (κ1) is 7.01. The van der Waals surface area contributed by atoms with Gasteiger partial charge >= 0.3 is 62.4 Å². The fourth-order valence-corrected chi connectivity index (χ4v) is 2.44. The van der Waals surface area contributed by atoms with Crippen molar-refractivity contribution in [3.05, 3.63) is 30.3 Å². The van der Waals surface area contributed by atoms with Crippen LogP contribution in [0.15, 0.2) is 30.3 Å². The Morgan fingerprint density at radius 1 is 1.22 bits per heavy atom. The molecule has 0 aromatic heterocycles. The van der Waals surface area contributed by atoms with Gasteiger partial charge in [-0.05, 0) is 0 Å². The second-order valence-electron chi connectivity index (χ2n) is 1.67. The second-order valence-corrected chi connectivity index (χ2v) is 6.29. The van der Waals surface area contributed by atoms with E-state index < -0.39 is 23.2 Å². The minimum absolute atomic E-state index is 0.627. The zero-order valence-electron chi connectivity index (χ0n) is 4.74. The quantitative estimate of drug-likeness (QED) is 0.729. The molecule has 0 radical (unpaired) electrons. The Morgan fingerprint density at radius 2 is 1.78 bits per heavy atom. The van der Waals surface area contributed by atoms with Gasteiger partial charge in [-0.25, -0.2) is 0 Å². The van der Waals surface area contributed by atoms with Crippen LogP contribution in [0.3, 0.4) is 0 Å². The average molecular weight is 317 g/mol. The topological polar surface area (TPSA) is 37.3 Å². The van der Waals surface area contributed by atoms with Crippen LogP contribution in [0.25, 0.3) is 0 Å². The van der Waals surface area contributed by atoms with Crippen LogP contribution in [0, 0.1) is 0 Å². The van der Waals surface area contributed by atoms with E-state index in [0.29, 0.717) is 3.12 Å². The van der Waals surface area contributed by atoms with Crippen LogP contribution in [-0.2, 0) is 2.69 Å². The Morgan fingerprint density at radius 3 is 2.11 bits per heavy atom. The maximum absolute atomic E-state index is 10.5. The standard InChI is InChI=1S/C6H5.H2O.O.Pb/c1-2-4-6-5-3-1;;;/h1-5H;1H2;;/q;;;+1/p-1. The summed E-state index contributed by atoms with van der Waals surface area (Å²) >= 11 is -3.41. The summed E-state index contributed by atoms with van der Waals surface area (Å²) in [5.74, 6) is 0. The summed E-state index contributed by atoms with van der Waals surface area (Å²) in [6.45, 7) is 0. The third-order valence-corrected chi connectivity index (χ3v) is 4.24. The first-order chi connectivity index (χ1) is 4.30. The van der Waals surface area contributed by atoms with E-state index in [-0.39, 0.29) is 0 Å². The molecule has 0 bridgehead atoms. The van der Waals surface area contributed by atoms with Crippen molar-refractivity contribution in [2.24, 2.45) is 0 Å². The van der Waals surface area contributed by atoms with Crippen LogP contribution in [0.5, 0.6) is 0 Å². The predicted octanol–water partition coefficient (Wildman–Crippen LogP) is -0.195. The molecule has 0 heterocycles. The summed E-state index contributed by atoms with van der Waals surface area (Å²) in [5, 5.41) is 0. The van der Waals surface area contributed by atoms with Gasteiger partial charge in [-0.1, -0.05) is 0 Å². The van der Waals surface area contributed by atoms with Crippen molar-refractivity contribution in [3.8, 4) is 0 Å². The molecule has 3 heteroatoms. The molecule has 1 N–H and O–H groups in total. The van der Waals surface area contributed by atoms with Crippen LogP contribution in [0.4, 0.5) is 0 Å². The van der Waals surface area contributed by atoms with Crippen LogP contribution >= 0.6 is 0 Å². The Balaban J connectivity index is 2.98. The van der Waals surface area contributed by atoms with E-state index in [1.54, 1.807) is 24.3 Å². The molecule has 0 aliphatic carbocycles. The summed E-state index contributed by atoms with van der Waals surface area (Å²) in [5.41, 5.74) is 0. The molecule has 1 aromatic rings. The molecule has 9 heavy (non-hydrogen) atoms. The van der Waals surface area contributed by atoms with E-state index in [0.717, 1.165) is 0 Å². The van der Waals surface area contributed by atoms with Crippen LogP contribution in [0.2, 0.25) is 0 Å². The molecule has 1 rings (SSSR count). The first-order valence-corrected chi connectivity index (χ1v) is 7.86. The zero-order valence-corrected chi connectivity index (χ0v) is 8.63. The van der Waals surface area contributed by atoms with Crippen LogP contribution in [0.1, 0.15) is 0 Å². The normalized spacial score (nSPS) is 9.00. The van der Waals surface area contributed by atoms with Crippen molar-refractivity contribution in [2.75, 3.05) is 0 Å². The molecular weight excluding hydrogens is 311 g/mol. The van der Waals surface area contributed by atoms with Crippen molar-refractivity contribution in [1.82, 2.24) is 0 Å². The summed E-state index contributed by atoms with van der Waals surface area (Å²) < 4.78 is 19.8. The van der Waals surface area contributed by atoms with Gasteiger partial charge in [0.15, 0.2) is 0 Å². The molecule has 1 aromatic carbocycles. The third-order valence-electron chi connectivity index (χ3n) is 1.02. The van der Waals surface area contributed by atoms with Crippen LogP contribution < -0.4 is 3.12 Å². The van der Waals surface area contributed by atoms with Gasteiger partial charge in [-0.3, -0.25) is 0 Å². The Kier molecular flexibility index (Phi) is 2.47.